The Morgan fingerprint density at radius 1 is 0.234 bits per heavy atom. The predicted octanol–water partition coefficient (Wildman–Crippen LogP) is 33.8. The Labute approximate surface area is 808 Å². The lowest BCUT2D eigenvalue weighted by Gasteiger charge is -2.22. The number of hydrogen-bond acceptors (Lipinski definition) is 10. The second-order valence-electron chi connectivity index (χ2n) is 37.9. The summed E-state index contributed by atoms with van der Waals surface area (Å²) >= 11 is 3.61. The van der Waals surface area contributed by atoms with Gasteiger partial charge in [-0.15, -0.1) is 22.7 Å². The average Bonchev–Trinajstić information content (AvgIpc) is 1.58. The molecule has 0 unspecified atom stereocenters. The number of nitrogens with zero attached hydrogens (tertiary/aromatic N) is 7. The van der Waals surface area contributed by atoms with Gasteiger partial charge in [0.15, 0.2) is 34.7 Å². The van der Waals surface area contributed by atoms with Crippen LogP contribution in [0.3, 0.4) is 0 Å². The van der Waals surface area contributed by atoms with Crippen LogP contribution in [-0.2, 0) is 5.41 Å². The molecule has 6 heterocycles. The van der Waals surface area contributed by atoms with Crippen molar-refractivity contribution in [2.75, 3.05) is 0 Å². The van der Waals surface area contributed by atoms with Gasteiger partial charge in [0.2, 0.25) is 0 Å². The lowest BCUT2D eigenvalue weighted by atomic mass is 9.81. The normalized spacial score (nSPS) is 12.2. The Morgan fingerprint density at radius 3 is 1.26 bits per heavy atom. The molecule has 0 bridgehead atoms. The highest BCUT2D eigenvalue weighted by Crippen LogP contribution is 2.51. The molecule has 1 aliphatic carbocycles. The van der Waals surface area contributed by atoms with Gasteiger partial charge >= 0.3 is 0 Å². The molecule has 0 radical (unpaired) electrons. The number of thiophene rings is 2. The van der Waals surface area contributed by atoms with E-state index in [1.165, 1.54) is 95.7 Å². The molecule has 0 aliphatic heterocycles. The van der Waals surface area contributed by atoms with Crippen molar-refractivity contribution < 1.29 is 4.42 Å². The van der Waals surface area contributed by atoms with Crippen molar-refractivity contribution in [2.24, 2.45) is 0 Å². The van der Waals surface area contributed by atoms with Crippen LogP contribution < -0.4 is 10.4 Å². The zero-order valence-corrected chi connectivity index (χ0v) is 80.3. The Kier molecular flexibility index (Phi) is 22.5. The molecule has 0 saturated heterocycles. The first kappa shape index (κ1) is 86.7. The molecule has 0 amide bonds. The maximum Gasteiger partial charge on any atom is 0.180 e. The van der Waals surface area contributed by atoms with E-state index in [2.05, 4.69) is 435 Å². The molecule has 18 aromatic carbocycles. The van der Waals surface area contributed by atoms with Gasteiger partial charge in [-0.25, -0.2) is 34.9 Å². The number of fused-ring (bicyclic) bond motifs is 15. The molecule has 137 heavy (non-hydrogen) atoms. The van der Waals surface area contributed by atoms with Crippen LogP contribution in [0.15, 0.2) is 423 Å². The summed E-state index contributed by atoms with van der Waals surface area (Å²) in [6.45, 7) is 18.9. The van der Waals surface area contributed by atoms with E-state index in [4.69, 9.17) is 39.3 Å². The Morgan fingerprint density at radius 2 is 0.635 bits per heavy atom. The zero-order valence-electron chi connectivity index (χ0n) is 76.7. The maximum atomic E-state index is 6.22. The Hall–Kier alpha value is -15.7. The number of rotatable bonds is 14. The summed E-state index contributed by atoms with van der Waals surface area (Å²) < 4.78 is 11.2. The van der Waals surface area contributed by atoms with Gasteiger partial charge in [-0.05, 0) is 190 Å². The SMILES string of the molecule is C.CC1(C)c2ccccc2-c2ccc(-c3cccc(-c4cc(-c5ccccc5)cc(-c5nc(-c6ccccc6)c6sc7ccccc7c6n5)c4)c3)cc21.C[Si](C)(C)c1ccc(-c2nc(-c3ccc([Si](C)(C)C)cc3)nc(-c3cc(-c4ccccc4)cc(-c4ccc5sc6ccccc6c5c4)c3)n2)cc1.c1ccc(-c2nc(-c3ccc4c(ccc5ccccc54)c3)nc3c2oc2ccccc23)cc1. The van der Waals surface area contributed by atoms with E-state index < -0.39 is 16.1 Å². The lowest BCUT2D eigenvalue weighted by molar-refractivity contribution is 0.660. The molecule has 0 atom stereocenters. The molecular formula is C125H97N7OS2Si2. The van der Waals surface area contributed by atoms with Gasteiger partial charge in [0, 0.05) is 80.0 Å². The van der Waals surface area contributed by atoms with E-state index in [0.29, 0.717) is 23.3 Å². The van der Waals surface area contributed by atoms with Crippen molar-refractivity contribution in [3.8, 4) is 146 Å². The monoisotopic (exact) mass is 1830 g/mol. The number of hydrogen-bond donors (Lipinski definition) is 0. The number of benzene rings is 18. The fourth-order valence-corrected chi connectivity index (χ4v) is 23.9. The van der Waals surface area contributed by atoms with Gasteiger partial charge in [0.1, 0.15) is 16.8 Å². The van der Waals surface area contributed by atoms with E-state index in [-0.39, 0.29) is 12.8 Å². The van der Waals surface area contributed by atoms with Crippen LogP contribution in [0, 0.1) is 0 Å². The minimum absolute atomic E-state index is 0. The molecule has 0 N–H and O–H groups in total. The summed E-state index contributed by atoms with van der Waals surface area (Å²) in [7, 11) is -2.92. The third-order valence-electron chi connectivity index (χ3n) is 26.6. The van der Waals surface area contributed by atoms with Crippen LogP contribution in [-0.4, -0.2) is 51.0 Å². The topological polar surface area (TPSA) is 103 Å². The van der Waals surface area contributed by atoms with Crippen LogP contribution in [0.5, 0.6) is 0 Å². The minimum atomic E-state index is -1.46. The van der Waals surface area contributed by atoms with Gasteiger partial charge in [0.25, 0.3) is 0 Å². The summed E-state index contributed by atoms with van der Waals surface area (Å²) in [6.07, 6.45) is 0. The molecule has 12 heteroatoms. The highest BCUT2D eigenvalue weighted by Gasteiger charge is 2.36. The third kappa shape index (κ3) is 16.7. The molecule has 658 valence electrons. The first-order valence-corrected chi connectivity index (χ1v) is 55.1. The second kappa shape index (κ2) is 35.6. The largest absolute Gasteiger partial charge is 0.452 e. The predicted molar refractivity (Wildman–Crippen MR) is 587 cm³/mol. The summed E-state index contributed by atoms with van der Waals surface area (Å²) in [6, 6.07) is 149. The van der Waals surface area contributed by atoms with Crippen LogP contribution in [0.2, 0.25) is 39.3 Å². The van der Waals surface area contributed by atoms with Gasteiger partial charge < -0.3 is 4.42 Å². The van der Waals surface area contributed by atoms with E-state index in [1.54, 1.807) is 11.3 Å². The molecule has 8 nitrogen and oxygen atoms in total. The highest BCUT2D eigenvalue weighted by molar-refractivity contribution is 7.26. The maximum absolute atomic E-state index is 6.22. The van der Waals surface area contributed by atoms with E-state index in [9.17, 15) is 0 Å². The first-order valence-electron chi connectivity index (χ1n) is 46.4. The fourth-order valence-electron chi connectivity index (χ4n) is 19.3. The van der Waals surface area contributed by atoms with Crippen molar-refractivity contribution >= 4 is 133 Å². The minimum Gasteiger partial charge on any atom is -0.452 e. The van der Waals surface area contributed by atoms with Gasteiger partial charge in [0.05, 0.1) is 32.1 Å². The van der Waals surface area contributed by atoms with Crippen LogP contribution in [0.25, 0.3) is 230 Å². The third-order valence-corrected chi connectivity index (χ3v) is 33.1. The van der Waals surface area contributed by atoms with Gasteiger partial charge in [-0.1, -0.05) is 399 Å². The highest BCUT2D eigenvalue weighted by atomic mass is 32.1. The number of para-hydroxylation sites is 1. The van der Waals surface area contributed by atoms with Crippen molar-refractivity contribution in [2.45, 2.75) is 66.0 Å². The van der Waals surface area contributed by atoms with Gasteiger partial charge in [-0.3, -0.25) is 0 Å². The number of furan rings is 1. The van der Waals surface area contributed by atoms with Crippen LogP contribution in [0.4, 0.5) is 0 Å². The summed E-state index contributed by atoms with van der Waals surface area (Å²) in [5, 5.41) is 12.5. The summed E-state index contributed by atoms with van der Waals surface area (Å²) in [5.41, 5.74) is 29.2. The molecule has 6 aromatic heterocycles. The fraction of sp³-hybridized carbons (Fsp3) is 0.0800. The van der Waals surface area contributed by atoms with Crippen LogP contribution >= 0.6 is 22.7 Å². The molecule has 25 rings (SSSR count). The molecular weight excluding hydrogens is 1740 g/mol. The van der Waals surface area contributed by atoms with Crippen molar-refractivity contribution in [3.63, 3.8) is 0 Å². The average molecular weight is 1830 g/mol. The smallest absolute Gasteiger partial charge is 0.180 e. The standard InChI is InChI=1S/C49H34N2S.C45H41N3SSi2.C30H18N2O.CH4/c1-49(2)42-22-11-9-20-39(42)40-25-24-35(30-43(40)49)33-18-13-19-34(26-33)37-27-36(31-14-5-3-6-15-31)28-38(29-37)48-50-45(32-16-7-4-8-17-32)47-46(51-48)41-21-10-12-23-44(41)52-47;1-50(2,3)37-21-16-31(17-22-37)43-46-44(32-18-23-38(24-19-32)51(4,5)6)48-45(47-43)36-27-34(30-12-8-7-9-13-30)26-35(28-36)33-20-25-42-40(29-33)39-14-10-11-15-41(39)49-42;1-2-9-20(10-3-1)27-29-28(25-12-6-7-13-26(25)33-29)32-30(31-27)22-16-17-24-21(18-22)15-14-19-8-4-5-11-23(19)24;/h3-30H,1-2H3;7-29H,1-6H3;1-18H;1H4. The summed E-state index contributed by atoms with van der Waals surface area (Å²) in [4.78, 5) is 36.1. The van der Waals surface area contributed by atoms with E-state index >= 15 is 0 Å². The van der Waals surface area contributed by atoms with E-state index in [0.717, 1.165) is 133 Å². The van der Waals surface area contributed by atoms with Gasteiger partial charge in [-0.2, -0.15) is 0 Å². The second-order valence-corrected chi connectivity index (χ2v) is 50.2. The molecule has 0 spiro atoms. The molecule has 24 aromatic rings. The van der Waals surface area contributed by atoms with Crippen molar-refractivity contribution in [1.29, 1.82) is 0 Å². The van der Waals surface area contributed by atoms with Crippen molar-refractivity contribution in [1.82, 2.24) is 34.9 Å². The van der Waals surface area contributed by atoms with Crippen molar-refractivity contribution in [3.05, 3.63) is 430 Å². The van der Waals surface area contributed by atoms with E-state index in [1.807, 2.05) is 47.7 Å². The number of aromatic nitrogens is 7. The summed E-state index contributed by atoms with van der Waals surface area (Å²) in [5.74, 6) is 3.46. The molecule has 1 aliphatic rings. The zero-order chi connectivity index (χ0) is 91.9. The molecule has 0 fully saturated rings. The Balaban J connectivity index is 0.000000121. The first-order chi connectivity index (χ1) is 66.3. The lowest BCUT2D eigenvalue weighted by Crippen LogP contribution is -2.37. The quantitative estimate of drug-likeness (QED) is 0.0783. The van der Waals surface area contributed by atoms with Crippen LogP contribution in [0.1, 0.15) is 32.4 Å². The Bertz CT molecular complexity index is 8690. The molecule has 0 saturated carbocycles.